The van der Waals surface area contributed by atoms with Crippen molar-refractivity contribution in [2.75, 3.05) is 20.0 Å². The zero-order valence-electron chi connectivity index (χ0n) is 14.0. The zero-order chi connectivity index (χ0) is 17.0. The van der Waals surface area contributed by atoms with Gasteiger partial charge in [0.25, 0.3) is 0 Å². The molecule has 2 rings (SSSR count). The van der Waals surface area contributed by atoms with E-state index in [1.54, 1.807) is 32.4 Å². The van der Waals surface area contributed by atoms with Gasteiger partial charge in [-0.2, -0.15) is 0 Å². The molecule has 0 bridgehead atoms. The summed E-state index contributed by atoms with van der Waals surface area (Å²) in [5.41, 5.74) is 3.55. The SMILES string of the molecule is COc1ccc(C(=O)CSc2nc(C)c(C)c(C)n2)cc1OC. The van der Waals surface area contributed by atoms with Crippen molar-refractivity contribution >= 4 is 17.5 Å². The summed E-state index contributed by atoms with van der Waals surface area (Å²) < 4.78 is 10.4. The number of aromatic nitrogens is 2. The topological polar surface area (TPSA) is 61.3 Å². The fourth-order valence-corrected chi connectivity index (χ4v) is 2.86. The number of carbonyl (C=O) groups is 1. The minimum atomic E-state index is -0.00423. The van der Waals surface area contributed by atoms with Crippen LogP contribution in [0.1, 0.15) is 27.3 Å². The van der Waals surface area contributed by atoms with Crippen molar-refractivity contribution in [3.8, 4) is 11.5 Å². The molecule has 0 aliphatic carbocycles. The molecule has 0 saturated carbocycles. The van der Waals surface area contributed by atoms with Crippen LogP contribution in [0.25, 0.3) is 0 Å². The molecule has 1 heterocycles. The standard InChI is InChI=1S/C17H20N2O3S/c1-10-11(2)18-17(19-12(10)3)23-9-14(20)13-6-7-15(21-4)16(8-13)22-5/h6-8H,9H2,1-5H3. The summed E-state index contributed by atoms with van der Waals surface area (Å²) in [7, 11) is 3.11. The van der Waals surface area contributed by atoms with Crippen molar-refractivity contribution in [2.24, 2.45) is 0 Å². The first kappa shape index (κ1) is 17.3. The molecule has 0 fully saturated rings. The Bertz CT molecular complexity index is 709. The van der Waals surface area contributed by atoms with Gasteiger partial charge in [0.1, 0.15) is 0 Å². The molecule has 0 amide bonds. The summed E-state index contributed by atoms with van der Waals surface area (Å²) in [4.78, 5) is 21.2. The summed E-state index contributed by atoms with van der Waals surface area (Å²) >= 11 is 1.34. The van der Waals surface area contributed by atoms with Gasteiger partial charge < -0.3 is 9.47 Å². The third kappa shape index (κ3) is 4.01. The molecule has 0 aliphatic heterocycles. The average molecular weight is 332 g/mol. The van der Waals surface area contributed by atoms with Gasteiger partial charge in [-0.25, -0.2) is 9.97 Å². The lowest BCUT2D eigenvalue weighted by Gasteiger charge is -2.09. The van der Waals surface area contributed by atoms with Crippen LogP contribution >= 0.6 is 11.8 Å². The van der Waals surface area contributed by atoms with E-state index in [1.165, 1.54) is 11.8 Å². The number of hydrogen-bond acceptors (Lipinski definition) is 6. The van der Waals surface area contributed by atoms with Gasteiger partial charge in [0.15, 0.2) is 22.4 Å². The molecule has 2 aromatic rings. The molecule has 122 valence electrons. The molecule has 23 heavy (non-hydrogen) atoms. The number of nitrogens with zero attached hydrogens (tertiary/aromatic N) is 2. The predicted molar refractivity (Wildman–Crippen MR) is 90.8 cm³/mol. The highest BCUT2D eigenvalue weighted by Crippen LogP contribution is 2.28. The van der Waals surface area contributed by atoms with Crippen LogP contribution in [0.3, 0.4) is 0 Å². The van der Waals surface area contributed by atoms with Gasteiger partial charge >= 0.3 is 0 Å². The van der Waals surface area contributed by atoms with Crippen molar-refractivity contribution in [2.45, 2.75) is 25.9 Å². The molecule has 0 atom stereocenters. The highest BCUT2D eigenvalue weighted by molar-refractivity contribution is 7.99. The van der Waals surface area contributed by atoms with Crippen molar-refractivity contribution in [3.63, 3.8) is 0 Å². The maximum absolute atomic E-state index is 12.3. The largest absolute Gasteiger partial charge is 0.493 e. The maximum Gasteiger partial charge on any atom is 0.188 e. The Morgan fingerprint density at radius 3 is 2.22 bits per heavy atom. The Balaban J connectivity index is 2.11. The van der Waals surface area contributed by atoms with Crippen LogP contribution in [0.4, 0.5) is 0 Å². The molecular weight excluding hydrogens is 312 g/mol. The summed E-state index contributed by atoms with van der Waals surface area (Å²) in [6, 6.07) is 5.15. The highest BCUT2D eigenvalue weighted by Gasteiger charge is 2.13. The summed E-state index contributed by atoms with van der Waals surface area (Å²) in [6.45, 7) is 5.89. The average Bonchev–Trinajstić information content (AvgIpc) is 2.56. The van der Waals surface area contributed by atoms with E-state index in [-0.39, 0.29) is 11.5 Å². The number of hydrogen-bond donors (Lipinski definition) is 0. The Morgan fingerprint density at radius 2 is 1.65 bits per heavy atom. The van der Waals surface area contributed by atoms with Crippen molar-refractivity contribution in [1.82, 2.24) is 9.97 Å². The Labute approximate surface area is 140 Å². The van der Waals surface area contributed by atoms with Crippen molar-refractivity contribution in [3.05, 3.63) is 40.7 Å². The second-order valence-electron chi connectivity index (χ2n) is 5.08. The van der Waals surface area contributed by atoms with Gasteiger partial charge in [0.05, 0.1) is 20.0 Å². The van der Waals surface area contributed by atoms with Gasteiger partial charge in [-0.15, -0.1) is 0 Å². The first-order chi connectivity index (χ1) is 11.0. The number of Topliss-reactive ketones (excluding diaryl/α,β-unsaturated/α-hetero) is 1. The number of benzene rings is 1. The molecule has 0 spiro atoms. The van der Waals surface area contributed by atoms with Crippen molar-refractivity contribution < 1.29 is 14.3 Å². The van der Waals surface area contributed by atoms with E-state index < -0.39 is 0 Å². The van der Waals surface area contributed by atoms with E-state index in [1.807, 2.05) is 20.8 Å². The normalized spacial score (nSPS) is 10.5. The lowest BCUT2D eigenvalue weighted by atomic mass is 10.1. The summed E-state index contributed by atoms with van der Waals surface area (Å²) in [5, 5.41) is 0.624. The van der Waals surface area contributed by atoms with Crippen LogP contribution in [0.15, 0.2) is 23.4 Å². The van der Waals surface area contributed by atoms with Crippen LogP contribution in [0, 0.1) is 20.8 Å². The molecule has 0 N–H and O–H groups in total. The minimum absolute atomic E-state index is 0.00423. The number of methoxy groups -OCH3 is 2. The molecule has 1 aromatic carbocycles. The highest BCUT2D eigenvalue weighted by atomic mass is 32.2. The van der Waals surface area contributed by atoms with E-state index in [9.17, 15) is 4.79 Å². The molecule has 0 aliphatic rings. The number of aryl methyl sites for hydroxylation is 2. The molecule has 6 heteroatoms. The second-order valence-corrected chi connectivity index (χ2v) is 6.03. The van der Waals surface area contributed by atoms with Crippen LogP contribution < -0.4 is 9.47 Å². The van der Waals surface area contributed by atoms with Crippen LogP contribution in [0.5, 0.6) is 11.5 Å². The molecule has 0 radical (unpaired) electrons. The molecule has 1 aromatic heterocycles. The second kappa shape index (κ2) is 7.46. The Morgan fingerprint density at radius 1 is 1.04 bits per heavy atom. The zero-order valence-corrected chi connectivity index (χ0v) is 14.8. The molecule has 0 unspecified atom stereocenters. The van der Waals surface area contributed by atoms with Gasteiger partial charge in [0.2, 0.25) is 0 Å². The molecule has 0 saturated heterocycles. The lowest BCUT2D eigenvalue weighted by molar-refractivity contribution is 0.102. The van der Waals surface area contributed by atoms with Gasteiger partial charge in [0, 0.05) is 17.0 Å². The van der Waals surface area contributed by atoms with Crippen LogP contribution in [-0.2, 0) is 0 Å². The predicted octanol–water partition coefficient (Wildman–Crippen LogP) is 3.39. The number of thioether (sulfide) groups is 1. The van der Waals surface area contributed by atoms with Gasteiger partial charge in [-0.1, -0.05) is 11.8 Å². The van der Waals surface area contributed by atoms with E-state index in [0.29, 0.717) is 22.2 Å². The van der Waals surface area contributed by atoms with Crippen LogP contribution in [-0.4, -0.2) is 35.7 Å². The third-order valence-corrected chi connectivity index (χ3v) is 4.50. The summed E-state index contributed by atoms with van der Waals surface area (Å²) in [5.74, 6) is 1.42. The molecule has 5 nitrogen and oxygen atoms in total. The number of carbonyl (C=O) groups excluding carboxylic acids is 1. The Hall–Kier alpha value is -2.08. The van der Waals surface area contributed by atoms with E-state index in [4.69, 9.17) is 9.47 Å². The van der Waals surface area contributed by atoms with Gasteiger partial charge in [-0.3, -0.25) is 4.79 Å². The van der Waals surface area contributed by atoms with E-state index in [2.05, 4.69) is 9.97 Å². The van der Waals surface area contributed by atoms with Crippen LogP contribution in [0.2, 0.25) is 0 Å². The minimum Gasteiger partial charge on any atom is -0.493 e. The fourth-order valence-electron chi connectivity index (χ4n) is 2.03. The van der Waals surface area contributed by atoms with Gasteiger partial charge in [-0.05, 0) is 44.5 Å². The third-order valence-electron chi connectivity index (χ3n) is 3.65. The smallest absolute Gasteiger partial charge is 0.188 e. The first-order valence-electron chi connectivity index (χ1n) is 7.16. The lowest BCUT2D eigenvalue weighted by Crippen LogP contribution is -2.05. The molecular formula is C17H20N2O3S. The fraction of sp³-hybridized carbons (Fsp3) is 0.353. The quantitative estimate of drug-likeness (QED) is 0.459. The Kier molecular flexibility index (Phi) is 5.60. The van der Waals surface area contributed by atoms with E-state index >= 15 is 0 Å². The van der Waals surface area contributed by atoms with E-state index in [0.717, 1.165) is 17.0 Å². The number of rotatable bonds is 6. The maximum atomic E-state index is 12.3. The number of ketones is 1. The monoisotopic (exact) mass is 332 g/mol. The summed E-state index contributed by atoms with van der Waals surface area (Å²) in [6.07, 6.45) is 0. The van der Waals surface area contributed by atoms with Crippen molar-refractivity contribution in [1.29, 1.82) is 0 Å². The first-order valence-corrected chi connectivity index (χ1v) is 8.14. The number of ether oxygens (including phenoxy) is 2.